The van der Waals surface area contributed by atoms with Gasteiger partial charge in [-0.1, -0.05) is 19.3 Å². The van der Waals surface area contributed by atoms with Gasteiger partial charge < -0.3 is 10.2 Å². The fourth-order valence-electron chi connectivity index (χ4n) is 3.44. The zero-order chi connectivity index (χ0) is 17.3. The van der Waals surface area contributed by atoms with Crippen molar-refractivity contribution < 1.29 is 4.79 Å². The molecule has 0 unspecified atom stereocenters. The number of rotatable bonds is 4. The van der Waals surface area contributed by atoms with E-state index in [9.17, 15) is 4.79 Å². The summed E-state index contributed by atoms with van der Waals surface area (Å²) in [6.45, 7) is 6.37. The van der Waals surface area contributed by atoms with Crippen LogP contribution in [0, 0.1) is 20.8 Å². The maximum absolute atomic E-state index is 12.5. The molecule has 1 N–H and O–H groups in total. The topological polar surface area (TPSA) is 58.1 Å². The van der Waals surface area contributed by atoms with Gasteiger partial charge in [0.1, 0.15) is 16.5 Å². The Kier molecular flexibility index (Phi) is 5.04. The van der Waals surface area contributed by atoms with E-state index in [1.165, 1.54) is 29.7 Å². The van der Waals surface area contributed by atoms with Gasteiger partial charge in [0.15, 0.2) is 0 Å². The summed E-state index contributed by atoms with van der Waals surface area (Å²) in [5.41, 5.74) is 1.20. The molecule has 24 heavy (non-hydrogen) atoms. The summed E-state index contributed by atoms with van der Waals surface area (Å²) in [5, 5.41) is 4.32. The lowest BCUT2D eigenvalue weighted by molar-refractivity contribution is -0.130. The van der Waals surface area contributed by atoms with Crippen LogP contribution in [0.1, 0.15) is 48.4 Å². The van der Waals surface area contributed by atoms with Crippen molar-refractivity contribution in [2.75, 3.05) is 18.9 Å². The Morgan fingerprint density at radius 1 is 1.21 bits per heavy atom. The van der Waals surface area contributed by atoms with Crippen LogP contribution >= 0.6 is 11.3 Å². The Hall–Kier alpha value is -1.69. The van der Waals surface area contributed by atoms with Crippen LogP contribution in [-0.2, 0) is 4.79 Å². The second-order valence-corrected chi connectivity index (χ2v) is 7.94. The molecular formula is C18H26N4OS. The smallest absolute Gasteiger partial charge is 0.241 e. The fraction of sp³-hybridized carbons (Fsp3) is 0.611. The highest BCUT2D eigenvalue weighted by molar-refractivity contribution is 7.18. The third kappa shape index (κ3) is 3.38. The lowest BCUT2D eigenvalue weighted by Gasteiger charge is -2.31. The molecule has 3 rings (SSSR count). The van der Waals surface area contributed by atoms with Gasteiger partial charge >= 0.3 is 0 Å². The minimum atomic E-state index is 0.135. The summed E-state index contributed by atoms with van der Waals surface area (Å²) in [7, 11) is 1.93. The van der Waals surface area contributed by atoms with Crippen molar-refractivity contribution in [3.63, 3.8) is 0 Å². The molecule has 1 fully saturated rings. The molecule has 0 aliphatic heterocycles. The molecule has 0 aromatic carbocycles. The number of hydrogen-bond donors (Lipinski definition) is 1. The molecule has 0 radical (unpaired) electrons. The molecule has 2 aromatic rings. The SMILES string of the molecule is Cc1nc(NCC(=O)N(C)C2CCCCC2)c2c(C)c(C)sc2n1. The van der Waals surface area contributed by atoms with Gasteiger partial charge in [-0.2, -0.15) is 0 Å². The maximum atomic E-state index is 12.5. The molecule has 1 aliphatic carbocycles. The molecule has 2 aromatic heterocycles. The number of carbonyl (C=O) groups is 1. The quantitative estimate of drug-likeness (QED) is 0.914. The molecule has 0 saturated heterocycles. The number of nitrogens with zero attached hydrogens (tertiary/aromatic N) is 3. The van der Waals surface area contributed by atoms with Crippen LogP contribution in [0.5, 0.6) is 0 Å². The normalized spacial score (nSPS) is 15.7. The van der Waals surface area contributed by atoms with Gasteiger partial charge in [-0.05, 0) is 39.2 Å². The summed E-state index contributed by atoms with van der Waals surface area (Å²) < 4.78 is 0. The van der Waals surface area contributed by atoms with Crippen LogP contribution in [0.3, 0.4) is 0 Å². The summed E-state index contributed by atoms with van der Waals surface area (Å²) in [4.78, 5) is 25.8. The minimum Gasteiger partial charge on any atom is -0.360 e. The van der Waals surface area contributed by atoms with Crippen LogP contribution < -0.4 is 5.32 Å². The number of aryl methyl sites for hydroxylation is 3. The van der Waals surface area contributed by atoms with E-state index in [1.54, 1.807) is 11.3 Å². The lowest BCUT2D eigenvalue weighted by atomic mass is 9.94. The number of fused-ring (bicyclic) bond motifs is 1. The fourth-order valence-corrected chi connectivity index (χ4v) is 4.51. The van der Waals surface area contributed by atoms with Crippen molar-refractivity contribution in [3.05, 3.63) is 16.3 Å². The summed E-state index contributed by atoms with van der Waals surface area (Å²) in [5.74, 6) is 1.65. The van der Waals surface area contributed by atoms with Gasteiger partial charge in [-0.3, -0.25) is 4.79 Å². The number of carbonyl (C=O) groups excluding carboxylic acids is 1. The number of anilines is 1. The first-order valence-corrected chi connectivity index (χ1v) is 9.53. The molecule has 1 saturated carbocycles. The third-order valence-corrected chi connectivity index (χ3v) is 6.16. The van der Waals surface area contributed by atoms with Crippen LogP contribution in [0.4, 0.5) is 5.82 Å². The minimum absolute atomic E-state index is 0.135. The molecule has 1 amide bonds. The average Bonchev–Trinajstić information content (AvgIpc) is 2.86. The Morgan fingerprint density at radius 3 is 2.62 bits per heavy atom. The molecule has 1 aliphatic rings. The second-order valence-electron chi connectivity index (χ2n) is 6.73. The van der Waals surface area contributed by atoms with Gasteiger partial charge in [0.05, 0.1) is 11.9 Å². The monoisotopic (exact) mass is 346 g/mol. The molecule has 6 heteroatoms. The van der Waals surface area contributed by atoms with Crippen LogP contribution in [0.15, 0.2) is 0 Å². The van der Waals surface area contributed by atoms with Crippen LogP contribution in [0.25, 0.3) is 10.2 Å². The van der Waals surface area contributed by atoms with E-state index in [0.717, 1.165) is 34.7 Å². The lowest BCUT2D eigenvalue weighted by Crippen LogP contribution is -2.41. The number of amides is 1. The number of hydrogen-bond acceptors (Lipinski definition) is 5. The van der Waals surface area contributed by atoms with Gasteiger partial charge in [0.2, 0.25) is 5.91 Å². The number of thiophene rings is 1. The van der Waals surface area contributed by atoms with E-state index in [-0.39, 0.29) is 12.5 Å². The Bertz CT molecular complexity index is 749. The van der Waals surface area contributed by atoms with Crippen molar-refractivity contribution in [2.45, 2.75) is 58.9 Å². The molecule has 0 spiro atoms. The average molecular weight is 346 g/mol. The number of aromatic nitrogens is 2. The van der Waals surface area contributed by atoms with Crippen molar-refractivity contribution in [1.82, 2.24) is 14.9 Å². The molecule has 2 heterocycles. The van der Waals surface area contributed by atoms with E-state index in [1.807, 2.05) is 18.9 Å². The third-order valence-electron chi connectivity index (χ3n) is 5.06. The summed E-state index contributed by atoms with van der Waals surface area (Å²) in [6.07, 6.45) is 6.01. The first-order valence-electron chi connectivity index (χ1n) is 8.71. The Labute approximate surface area is 147 Å². The summed E-state index contributed by atoms with van der Waals surface area (Å²) >= 11 is 1.68. The zero-order valence-electron chi connectivity index (χ0n) is 15.0. The Morgan fingerprint density at radius 2 is 1.92 bits per heavy atom. The van der Waals surface area contributed by atoms with Gasteiger partial charge in [0.25, 0.3) is 0 Å². The van der Waals surface area contributed by atoms with Crippen molar-refractivity contribution >= 4 is 33.3 Å². The van der Waals surface area contributed by atoms with Gasteiger partial charge in [-0.15, -0.1) is 11.3 Å². The van der Waals surface area contributed by atoms with E-state index in [4.69, 9.17) is 0 Å². The van der Waals surface area contributed by atoms with E-state index < -0.39 is 0 Å². The molecule has 0 atom stereocenters. The molecule has 0 bridgehead atoms. The maximum Gasteiger partial charge on any atom is 0.241 e. The summed E-state index contributed by atoms with van der Waals surface area (Å²) in [6, 6.07) is 0.394. The van der Waals surface area contributed by atoms with E-state index in [0.29, 0.717) is 6.04 Å². The van der Waals surface area contributed by atoms with E-state index >= 15 is 0 Å². The second kappa shape index (κ2) is 7.05. The zero-order valence-corrected chi connectivity index (χ0v) is 15.8. The number of nitrogens with one attached hydrogen (secondary N) is 1. The standard InChI is InChI=1S/C18H26N4OS/c1-11-12(2)24-18-16(11)17(20-13(3)21-18)19-10-15(23)22(4)14-8-6-5-7-9-14/h14H,5-10H2,1-4H3,(H,19,20,21). The first-order chi connectivity index (χ1) is 11.5. The molecule has 130 valence electrons. The number of likely N-dealkylation sites (N-methyl/N-ethyl adjacent to an activating group) is 1. The van der Waals surface area contributed by atoms with E-state index in [2.05, 4.69) is 29.1 Å². The predicted molar refractivity (Wildman–Crippen MR) is 99.8 cm³/mol. The van der Waals surface area contributed by atoms with Crippen molar-refractivity contribution in [2.24, 2.45) is 0 Å². The van der Waals surface area contributed by atoms with Gasteiger partial charge in [-0.25, -0.2) is 9.97 Å². The molecular weight excluding hydrogens is 320 g/mol. The molecule has 5 nitrogen and oxygen atoms in total. The highest BCUT2D eigenvalue weighted by atomic mass is 32.1. The highest BCUT2D eigenvalue weighted by Crippen LogP contribution is 2.33. The largest absolute Gasteiger partial charge is 0.360 e. The Balaban J connectivity index is 1.74. The van der Waals surface area contributed by atoms with Crippen LogP contribution in [0.2, 0.25) is 0 Å². The van der Waals surface area contributed by atoms with Crippen molar-refractivity contribution in [1.29, 1.82) is 0 Å². The van der Waals surface area contributed by atoms with Crippen LogP contribution in [-0.4, -0.2) is 40.4 Å². The predicted octanol–water partition coefficient (Wildman–Crippen LogP) is 3.82. The highest BCUT2D eigenvalue weighted by Gasteiger charge is 2.22. The first kappa shape index (κ1) is 17.1. The van der Waals surface area contributed by atoms with Crippen molar-refractivity contribution in [3.8, 4) is 0 Å². The van der Waals surface area contributed by atoms with Gasteiger partial charge in [0, 0.05) is 18.0 Å².